The predicted octanol–water partition coefficient (Wildman–Crippen LogP) is 3.40. The number of rotatable bonds is 15. The Morgan fingerprint density at radius 3 is 1.25 bits per heavy atom. The highest BCUT2D eigenvalue weighted by atomic mass is 32.3. The number of hydrogen-bond donors (Lipinski definition) is 0. The van der Waals surface area contributed by atoms with Gasteiger partial charge >= 0.3 is 20.8 Å². The molecule has 0 amide bonds. The Bertz CT molecular complexity index is 467. The summed E-state index contributed by atoms with van der Waals surface area (Å²) in [5.74, 6) is 0. The van der Waals surface area contributed by atoms with Crippen molar-refractivity contribution < 1.29 is 33.9 Å². The van der Waals surface area contributed by atoms with Gasteiger partial charge in [-0.15, -0.1) is 0 Å². The zero-order valence-electron chi connectivity index (χ0n) is 14.9. The molecular weight excluding hydrogens is 360 g/mol. The molecular formula is C14H30O8S2. The van der Waals surface area contributed by atoms with E-state index in [1.165, 1.54) is 0 Å². The van der Waals surface area contributed by atoms with Gasteiger partial charge < -0.3 is 0 Å². The van der Waals surface area contributed by atoms with E-state index in [0.717, 1.165) is 25.7 Å². The van der Waals surface area contributed by atoms with E-state index in [1.807, 2.05) is 13.8 Å². The van der Waals surface area contributed by atoms with Crippen LogP contribution in [0.15, 0.2) is 0 Å². The molecule has 0 fully saturated rings. The summed E-state index contributed by atoms with van der Waals surface area (Å²) in [5.41, 5.74) is 0. The van der Waals surface area contributed by atoms with Gasteiger partial charge in [0.2, 0.25) is 0 Å². The molecule has 0 saturated heterocycles. The lowest BCUT2D eigenvalue weighted by Crippen LogP contribution is -2.24. The zero-order valence-corrected chi connectivity index (χ0v) is 16.5. The monoisotopic (exact) mass is 390 g/mol. The second-order valence-corrected chi connectivity index (χ2v) is 7.78. The van der Waals surface area contributed by atoms with Gasteiger partial charge in [-0.2, -0.15) is 16.8 Å². The van der Waals surface area contributed by atoms with Gasteiger partial charge in [0, 0.05) is 0 Å². The summed E-state index contributed by atoms with van der Waals surface area (Å²) in [6.07, 6.45) is 4.09. The third-order valence-corrected chi connectivity index (χ3v) is 4.94. The fourth-order valence-electron chi connectivity index (χ4n) is 1.94. The van der Waals surface area contributed by atoms with Gasteiger partial charge in [-0.1, -0.05) is 62.0 Å². The molecule has 2 unspecified atom stereocenters. The highest BCUT2D eigenvalue weighted by Crippen LogP contribution is 2.16. The molecule has 0 rings (SSSR count). The van der Waals surface area contributed by atoms with Gasteiger partial charge in [0.15, 0.2) is 0 Å². The van der Waals surface area contributed by atoms with E-state index in [1.54, 1.807) is 13.8 Å². The Labute approximate surface area is 146 Å². The van der Waals surface area contributed by atoms with E-state index >= 15 is 0 Å². The standard InChI is InChI=1S/C14H30O8S2/c1-5-9-11-13(7-3)19-23(15,16)21-22-24(17,18)20-14(8-4)12-10-6-2/h13-14H,5-12H2,1-4H3. The molecule has 0 spiro atoms. The fourth-order valence-corrected chi connectivity index (χ4v) is 3.68. The smallest absolute Gasteiger partial charge is 0.243 e. The van der Waals surface area contributed by atoms with Crippen molar-refractivity contribution in [3.63, 3.8) is 0 Å². The molecule has 0 aromatic heterocycles. The van der Waals surface area contributed by atoms with Crippen LogP contribution >= 0.6 is 0 Å². The van der Waals surface area contributed by atoms with Crippen LogP contribution in [-0.4, -0.2) is 29.0 Å². The molecule has 8 nitrogen and oxygen atoms in total. The van der Waals surface area contributed by atoms with Gasteiger partial charge in [0.05, 0.1) is 12.2 Å². The third kappa shape index (κ3) is 11.3. The Kier molecular flexibility index (Phi) is 12.0. The summed E-state index contributed by atoms with van der Waals surface area (Å²) < 4.78 is 64.1. The fraction of sp³-hybridized carbons (Fsp3) is 1.00. The van der Waals surface area contributed by atoms with Crippen LogP contribution in [0.25, 0.3) is 0 Å². The summed E-state index contributed by atoms with van der Waals surface area (Å²) in [7, 11) is -9.19. The lowest BCUT2D eigenvalue weighted by Gasteiger charge is -2.16. The number of hydrogen-bond acceptors (Lipinski definition) is 8. The van der Waals surface area contributed by atoms with E-state index in [9.17, 15) is 16.8 Å². The highest BCUT2D eigenvalue weighted by molar-refractivity contribution is 7.84. The van der Waals surface area contributed by atoms with Gasteiger partial charge in [0.25, 0.3) is 0 Å². The molecule has 0 aliphatic carbocycles. The van der Waals surface area contributed by atoms with Crippen molar-refractivity contribution in [2.45, 2.75) is 91.3 Å². The highest BCUT2D eigenvalue weighted by Gasteiger charge is 2.26. The lowest BCUT2D eigenvalue weighted by molar-refractivity contribution is -0.118. The van der Waals surface area contributed by atoms with E-state index in [-0.39, 0.29) is 0 Å². The summed E-state index contributed by atoms with van der Waals surface area (Å²) in [6.45, 7) is 7.45. The second kappa shape index (κ2) is 12.2. The predicted molar refractivity (Wildman–Crippen MR) is 89.4 cm³/mol. The Hall–Kier alpha value is -0.260. The molecule has 0 heterocycles. The number of unbranched alkanes of at least 4 members (excludes halogenated alkanes) is 2. The molecule has 2 atom stereocenters. The van der Waals surface area contributed by atoms with Crippen LogP contribution in [0.2, 0.25) is 0 Å². The zero-order chi connectivity index (χ0) is 18.6. The Morgan fingerprint density at radius 1 is 0.667 bits per heavy atom. The maximum absolute atomic E-state index is 11.6. The molecule has 0 bridgehead atoms. The lowest BCUT2D eigenvalue weighted by atomic mass is 10.1. The van der Waals surface area contributed by atoms with Crippen LogP contribution in [0.4, 0.5) is 0 Å². The minimum absolute atomic E-state index is 0.445. The van der Waals surface area contributed by atoms with Gasteiger partial charge in [-0.25, -0.2) is 8.37 Å². The first kappa shape index (κ1) is 23.7. The molecule has 0 aliphatic heterocycles. The SMILES string of the molecule is CCCCC(CC)OS(=O)(=O)OOS(=O)(=O)OC(CC)CCCC. The van der Waals surface area contributed by atoms with Crippen LogP contribution in [0.3, 0.4) is 0 Å². The molecule has 0 saturated carbocycles. The topological polar surface area (TPSA) is 105 Å². The van der Waals surface area contributed by atoms with Crippen molar-refractivity contribution in [3.8, 4) is 0 Å². The van der Waals surface area contributed by atoms with Crippen molar-refractivity contribution in [1.29, 1.82) is 0 Å². The molecule has 0 aromatic carbocycles. The van der Waals surface area contributed by atoms with E-state index in [4.69, 9.17) is 8.37 Å². The van der Waals surface area contributed by atoms with Crippen LogP contribution in [-0.2, 0) is 37.8 Å². The molecule has 10 heteroatoms. The molecule has 0 aromatic rings. The van der Waals surface area contributed by atoms with Crippen molar-refractivity contribution in [1.82, 2.24) is 0 Å². The van der Waals surface area contributed by atoms with Gasteiger partial charge in [0.1, 0.15) is 0 Å². The Morgan fingerprint density at radius 2 is 1.00 bits per heavy atom. The molecule has 24 heavy (non-hydrogen) atoms. The van der Waals surface area contributed by atoms with Crippen molar-refractivity contribution >= 4 is 20.8 Å². The second-order valence-electron chi connectivity index (χ2n) is 5.49. The minimum atomic E-state index is -4.60. The van der Waals surface area contributed by atoms with Crippen LogP contribution in [0.1, 0.15) is 79.1 Å². The summed E-state index contributed by atoms with van der Waals surface area (Å²) >= 11 is 0. The first-order valence-electron chi connectivity index (χ1n) is 8.43. The van der Waals surface area contributed by atoms with Crippen LogP contribution < -0.4 is 0 Å². The first-order valence-corrected chi connectivity index (χ1v) is 11.1. The molecule has 0 N–H and O–H groups in total. The molecule has 0 radical (unpaired) electrons. The summed E-state index contributed by atoms with van der Waals surface area (Å²) in [4.78, 5) is 0. The van der Waals surface area contributed by atoms with Crippen molar-refractivity contribution in [2.24, 2.45) is 0 Å². The van der Waals surface area contributed by atoms with Crippen molar-refractivity contribution in [3.05, 3.63) is 0 Å². The molecule has 146 valence electrons. The van der Waals surface area contributed by atoms with E-state index in [0.29, 0.717) is 25.7 Å². The minimum Gasteiger partial charge on any atom is -0.243 e. The largest absolute Gasteiger partial charge is 0.427 e. The molecule has 0 aliphatic rings. The van der Waals surface area contributed by atoms with Crippen molar-refractivity contribution in [2.75, 3.05) is 0 Å². The summed E-state index contributed by atoms with van der Waals surface area (Å²) in [6, 6.07) is 0. The Balaban J connectivity index is 4.55. The maximum Gasteiger partial charge on any atom is 0.427 e. The van der Waals surface area contributed by atoms with E-state index in [2.05, 4.69) is 8.67 Å². The average molecular weight is 391 g/mol. The quantitative estimate of drug-likeness (QED) is 0.309. The summed E-state index contributed by atoms with van der Waals surface area (Å²) in [5, 5.41) is 0. The van der Waals surface area contributed by atoms with Gasteiger partial charge in [-0.05, 0) is 25.7 Å². The van der Waals surface area contributed by atoms with Crippen LogP contribution in [0, 0.1) is 0 Å². The normalized spacial score (nSPS) is 15.3. The van der Waals surface area contributed by atoms with Gasteiger partial charge in [-0.3, -0.25) is 0 Å². The van der Waals surface area contributed by atoms with E-state index < -0.39 is 33.0 Å². The van der Waals surface area contributed by atoms with Crippen LogP contribution in [0.5, 0.6) is 0 Å². The maximum atomic E-state index is 11.6. The average Bonchev–Trinajstić information content (AvgIpc) is 2.53. The first-order chi connectivity index (χ1) is 11.2. The third-order valence-electron chi connectivity index (χ3n) is 3.37.